The summed E-state index contributed by atoms with van der Waals surface area (Å²) in [6.07, 6.45) is 4.13. The molecule has 12 heteroatoms. The largest absolute Gasteiger partial charge is 0.494 e. The summed E-state index contributed by atoms with van der Waals surface area (Å²) in [6.45, 7) is 21.8. The number of aromatic nitrogens is 1. The normalized spacial score (nSPS) is 21.4. The minimum Gasteiger partial charge on any atom is -0.494 e. The topological polar surface area (TPSA) is 162 Å². The number of likely N-dealkylation sites (tertiary alicyclic amines) is 1. The van der Waals surface area contributed by atoms with Crippen molar-refractivity contribution < 1.29 is 29.1 Å². The van der Waals surface area contributed by atoms with Crippen molar-refractivity contribution in [3.8, 4) is 5.88 Å². The lowest BCUT2D eigenvalue weighted by molar-refractivity contribution is -0.145. The van der Waals surface area contributed by atoms with Crippen LogP contribution < -0.4 is 21.3 Å². The summed E-state index contributed by atoms with van der Waals surface area (Å²) in [5, 5.41) is 23.8. The quantitative estimate of drug-likeness (QED) is 0.157. The maximum Gasteiger partial charge on any atom is 0.315 e. The van der Waals surface area contributed by atoms with Crippen molar-refractivity contribution in [1.29, 1.82) is 0 Å². The highest BCUT2D eigenvalue weighted by atomic mass is 16.3. The van der Waals surface area contributed by atoms with E-state index < -0.39 is 58.6 Å². The number of aromatic hydroxyl groups is 1. The molecule has 1 saturated carbocycles. The third kappa shape index (κ3) is 8.00. The average Bonchev–Trinajstić information content (AvgIpc) is 3.31. The minimum absolute atomic E-state index is 0.0721. The van der Waals surface area contributed by atoms with Gasteiger partial charge in [-0.05, 0) is 40.6 Å². The number of piperidine rings is 1. The monoisotopic (exact) mass is 692 g/mol. The molecule has 2 aromatic rings. The predicted octanol–water partition coefficient (Wildman–Crippen LogP) is 4.11. The highest BCUT2D eigenvalue weighted by Crippen LogP contribution is 2.65. The van der Waals surface area contributed by atoms with E-state index in [1.54, 1.807) is 9.47 Å². The van der Waals surface area contributed by atoms with Gasteiger partial charge in [-0.2, -0.15) is 0 Å². The fourth-order valence-corrected chi connectivity index (χ4v) is 7.25. The fraction of sp³-hybridized carbons (Fsp3) is 0.605. The molecule has 4 rings (SSSR count). The molecular weight excluding hydrogens is 636 g/mol. The zero-order valence-electron chi connectivity index (χ0n) is 31.1. The van der Waals surface area contributed by atoms with Gasteiger partial charge in [0.1, 0.15) is 12.1 Å². The fourth-order valence-electron chi connectivity index (χ4n) is 7.25. The lowest BCUT2D eigenvalue weighted by Gasteiger charge is -2.38. The van der Waals surface area contributed by atoms with E-state index in [-0.39, 0.29) is 42.0 Å². The van der Waals surface area contributed by atoms with Crippen LogP contribution in [0.15, 0.2) is 43.1 Å². The third-order valence-electron chi connectivity index (χ3n) is 10.5. The van der Waals surface area contributed by atoms with Crippen molar-refractivity contribution in [1.82, 2.24) is 30.7 Å². The molecule has 12 nitrogen and oxygen atoms in total. The van der Waals surface area contributed by atoms with Gasteiger partial charge in [0.2, 0.25) is 17.6 Å². The first-order chi connectivity index (χ1) is 23.2. The summed E-state index contributed by atoms with van der Waals surface area (Å²) >= 11 is 0. The number of fused-ring (bicyclic) bond motifs is 2. The van der Waals surface area contributed by atoms with Gasteiger partial charge in [0.15, 0.2) is 5.88 Å². The van der Waals surface area contributed by atoms with E-state index in [4.69, 9.17) is 0 Å². The summed E-state index contributed by atoms with van der Waals surface area (Å²) in [5.41, 5.74) is -1.34. The van der Waals surface area contributed by atoms with E-state index in [2.05, 4.69) is 41.7 Å². The molecule has 0 spiro atoms. The summed E-state index contributed by atoms with van der Waals surface area (Å²) in [7, 11) is 0. The smallest absolute Gasteiger partial charge is 0.315 e. The Hall–Kier alpha value is -4.35. The van der Waals surface area contributed by atoms with Crippen LogP contribution in [0.3, 0.4) is 0 Å². The second-order valence-electron chi connectivity index (χ2n) is 16.6. The van der Waals surface area contributed by atoms with Gasteiger partial charge < -0.3 is 35.8 Å². The molecule has 5 N–H and O–H groups in total. The Morgan fingerprint density at radius 1 is 1.02 bits per heavy atom. The van der Waals surface area contributed by atoms with Gasteiger partial charge >= 0.3 is 6.03 Å². The molecule has 6 atom stereocenters. The number of urea groups is 1. The second kappa shape index (κ2) is 14.5. The van der Waals surface area contributed by atoms with Gasteiger partial charge in [-0.1, -0.05) is 93.0 Å². The summed E-state index contributed by atoms with van der Waals surface area (Å²) in [6, 6.07) is 3.64. The Balaban J connectivity index is 1.54. The highest BCUT2D eigenvalue weighted by molar-refractivity contribution is 6.38. The molecule has 274 valence electrons. The first-order valence-electron chi connectivity index (χ1n) is 17.6. The molecule has 5 amide bonds. The lowest BCUT2D eigenvalue weighted by atomic mass is 9.85. The number of benzene rings is 1. The summed E-state index contributed by atoms with van der Waals surface area (Å²) < 4.78 is 1.72. The zero-order chi connectivity index (χ0) is 37.3. The van der Waals surface area contributed by atoms with Gasteiger partial charge in [-0.15, -0.1) is 6.58 Å². The molecule has 50 heavy (non-hydrogen) atoms. The number of ketones is 1. The van der Waals surface area contributed by atoms with Crippen LogP contribution in [0, 0.1) is 28.1 Å². The maximum absolute atomic E-state index is 14.4. The van der Waals surface area contributed by atoms with Crippen LogP contribution in [0.1, 0.15) is 75.2 Å². The van der Waals surface area contributed by atoms with E-state index in [0.717, 1.165) is 10.8 Å². The molecule has 1 aliphatic heterocycles. The molecule has 2 fully saturated rings. The zero-order valence-corrected chi connectivity index (χ0v) is 31.1. The van der Waals surface area contributed by atoms with Crippen LogP contribution in [-0.4, -0.2) is 81.4 Å². The number of Topliss-reactive ketones (excluding diaryl/α,β-unsaturated/α-hetero) is 1. The molecule has 0 bridgehead atoms. The number of carbonyl (C=O) groups is 5. The van der Waals surface area contributed by atoms with Gasteiger partial charge in [0.05, 0.1) is 12.1 Å². The molecule has 1 aliphatic carbocycles. The number of nitrogens with one attached hydrogen (secondary N) is 4. The van der Waals surface area contributed by atoms with Crippen molar-refractivity contribution in [2.75, 3.05) is 13.1 Å². The molecule has 1 saturated heterocycles. The van der Waals surface area contributed by atoms with Crippen molar-refractivity contribution >= 4 is 40.3 Å². The Bertz CT molecular complexity index is 1630. The van der Waals surface area contributed by atoms with E-state index in [1.807, 2.05) is 78.9 Å². The van der Waals surface area contributed by atoms with Crippen LogP contribution in [-0.2, 0) is 25.7 Å². The van der Waals surface area contributed by atoms with Crippen LogP contribution in [0.4, 0.5) is 4.79 Å². The highest BCUT2D eigenvalue weighted by Gasteiger charge is 2.70. The lowest BCUT2D eigenvalue weighted by Crippen LogP contribution is -2.62. The summed E-state index contributed by atoms with van der Waals surface area (Å²) in [4.78, 5) is 69.2. The SMILES string of the molecule is C=CCNC(=O)C(=O)C(CCC)NC(=O)[C@@H]1[C@@H]2[C@H](CN1C(=O)[C@@H](NC(=O)N[C@H](Cn1cc3ccccc3c1O)C(C)(C)C)C(C)(C)C)C2(C)C. The van der Waals surface area contributed by atoms with E-state index in [1.165, 1.54) is 6.08 Å². The molecule has 1 aromatic carbocycles. The molecular formula is C38H56N6O6. The predicted molar refractivity (Wildman–Crippen MR) is 193 cm³/mol. The van der Waals surface area contributed by atoms with E-state index in [9.17, 15) is 29.1 Å². The van der Waals surface area contributed by atoms with E-state index >= 15 is 0 Å². The molecule has 0 radical (unpaired) electrons. The van der Waals surface area contributed by atoms with Crippen molar-refractivity contribution in [3.63, 3.8) is 0 Å². The Morgan fingerprint density at radius 2 is 1.68 bits per heavy atom. The Labute approximate surface area is 295 Å². The number of rotatable bonds is 13. The Kier molecular flexibility index (Phi) is 11.1. The number of hydrogen-bond acceptors (Lipinski definition) is 6. The molecule has 1 unspecified atom stereocenters. The van der Waals surface area contributed by atoms with Gasteiger partial charge in [-0.3, -0.25) is 19.2 Å². The van der Waals surface area contributed by atoms with E-state index in [0.29, 0.717) is 19.5 Å². The van der Waals surface area contributed by atoms with Crippen LogP contribution in [0.2, 0.25) is 0 Å². The number of carbonyl (C=O) groups excluding carboxylic acids is 5. The summed E-state index contributed by atoms with van der Waals surface area (Å²) in [5.74, 6) is -2.37. The first-order valence-corrected chi connectivity index (χ1v) is 17.6. The maximum atomic E-state index is 14.4. The van der Waals surface area contributed by atoms with Gasteiger partial charge in [0.25, 0.3) is 5.91 Å². The second-order valence-corrected chi connectivity index (χ2v) is 16.6. The third-order valence-corrected chi connectivity index (χ3v) is 10.5. The molecule has 2 heterocycles. The average molecular weight is 693 g/mol. The minimum atomic E-state index is -1.04. The van der Waals surface area contributed by atoms with Crippen molar-refractivity contribution in [2.24, 2.45) is 28.1 Å². The first kappa shape index (κ1) is 38.5. The Morgan fingerprint density at radius 3 is 2.26 bits per heavy atom. The van der Waals surface area contributed by atoms with Crippen LogP contribution in [0.25, 0.3) is 10.8 Å². The molecule has 1 aromatic heterocycles. The van der Waals surface area contributed by atoms with Crippen LogP contribution in [0.5, 0.6) is 5.88 Å². The number of amides is 5. The number of nitrogens with zero attached hydrogens (tertiary/aromatic N) is 2. The number of hydrogen-bond donors (Lipinski definition) is 5. The van der Waals surface area contributed by atoms with Gasteiger partial charge in [0, 0.05) is 36.6 Å². The molecule has 2 aliphatic rings. The van der Waals surface area contributed by atoms with Crippen molar-refractivity contribution in [2.45, 2.75) is 106 Å². The van der Waals surface area contributed by atoms with Gasteiger partial charge in [-0.25, -0.2) is 4.79 Å². The standard InChI is InChI=1S/C38H56N6O6/c1-11-15-25(29(45)32(47)39-18-12-2)40-31(46)28-27-24(38(27,9)10)20-44(28)34(49)30(37(6,7)8)42-35(50)41-26(36(3,4)5)21-43-19-22-16-13-14-17-23(22)33(43)48/h12-14,16-17,19,24-28,30,48H,2,11,15,18,20-21H2,1,3-10H3,(H,39,47)(H,40,46)(H2,41,42,50)/t24-,25?,26+,27-,28-,30+/m0/s1. The van der Waals surface area contributed by atoms with Crippen molar-refractivity contribution in [3.05, 3.63) is 43.1 Å². The van der Waals surface area contributed by atoms with Crippen LogP contribution >= 0.6 is 0 Å².